The van der Waals surface area contributed by atoms with Gasteiger partial charge in [-0.1, -0.05) is 19.1 Å². The van der Waals surface area contributed by atoms with E-state index in [0.717, 1.165) is 10.2 Å². The maximum Gasteiger partial charge on any atom is 0.202 e. The van der Waals surface area contributed by atoms with Gasteiger partial charge in [-0.15, -0.1) is 11.3 Å². The minimum atomic E-state index is -0.125. The van der Waals surface area contributed by atoms with E-state index in [2.05, 4.69) is 4.98 Å². The van der Waals surface area contributed by atoms with Crippen molar-refractivity contribution in [2.75, 3.05) is 0 Å². The largest absolute Gasteiger partial charge is 0.508 e. The second-order valence-corrected chi connectivity index (χ2v) is 6.29. The number of phenolic OH excluding ortho intramolecular Hbond substituents is 1. The Bertz CT molecular complexity index is 1060. The standard InChI is InChI=1S/C18H13NO3S/c1-2-10-14(20)8-7-11-16(21)12(9-22-17(10)11)18-19-13-5-3-4-6-15(13)23-18/h3-9,20H,2H2,1H3. The van der Waals surface area contributed by atoms with Crippen molar-refractivity contribution in [2.45, 2.75) is 13.3 Å². The lowest BCUT2D eigenvalue weighted by atomic mass is 10.1. The number of hydrogen-bond acceptors (Lipinski definition) is 5. The predicted molar refractivity (Wildman–Crippen MR) is 92.1 cm³/mol. The van der Waals surface area contributed by atoms with E-state index < -0.39 is 0 Å². The van der Waals surface area contributed by atoms with E-state index in [9.17, 15) is 9.90 Å². The molecule has 0 aliphatic carbocycles. The zero-order valence-corrected chi connectivity index (χ0v) is 13.2. The number of aromatic hydroxyl groups is 1. The molecule has 0 bridgehead atoms. The van der Waals surface area contributed by atoms with Gasteiger partial charge < -0.3 is 9.52 Å². The van der Waals surface area contributed by atoms with Crippen molar-refractivity contribution in [2.24, 2.45) is 0 Å². The molecule has 0 unspecified atom stereocenters. The number of para-hydroxylation sites is 1. The Hall–Kier alpha value is -2.66. The molecule has 0 fully saturated rings. The van der Waals surface area contributed by atoms with Crippen LogP contribution >= 0.6 is 11.3 Å². The number of thiazole rings is 1. The minimum Gasteiger partial charge on any atom is -0.508 e. The Morgan fingerprint density at radius 3 is 2.83 bits per heavy atom. The van der Waals surface area contributed by atoms with Gasteiger partial charge in [0.25, 0.3) is 0 Å². The van der Waals surface area contributed by atoms with Gasteiger partial charge in [0.15, 0.2) is 0 Å². The van der Waals surface area contributed by atoms with Crippen molar-refractivity contribution in [3.05, 3.63) is 58.4 Å². The minimum absolute atomic E-state index is 0.125. The molecule has 4 nitrogen and oxygen atoms in total. The first-order chi connectivity index (χ1) is 11.2. The molecule has 0 spiro atoms. The first-order valence-corrected chi connectivity index (χ1v) is 8.13. The second-order valence-electron chi connectivity index (χ2n) is 5.26. The lowest BCUT2D eigenvalue weighted by Gasteiger charge is -2.06. The molecule has 0 amide bonds. The van der Waals surface area contributed by atoms with Gasteiger partial charge in [-0.25, -0.2) is 4.98 Å². The summed E-state index contributed by atoms with van der Waals surface area (Å²) in [5.41, 5.74) is 2.29. The molecule has 0 atom stereocenters. The quantitative estimate of drug-likeness (QED) is 0.596. The van der Waals surface area contributed by atoms with Crippen LogP contribution in [-0.4, -0.2) is 10.1 Å². The molecule has 0 aliphatic heterocycles. The van der Waals surface area contributed by atoms with Crippen LogP contribution in [0.25, 0.3) is 31.8 Å². The Morgan fingerprint density at radius 1 is 1.22 bits per heavy atom. The first-order valence-electron chi connectivity index (χ1n) is 7.31. The average Bonchev–Trinajstić information content (AvgIpc) is 2.98. The van der Waals surface area contributed by atoms with Crippen molar-refractivity contribution in [1.82, 2.24) is 4.98 Å². The second kappa shape index (κ2) is 5.21. The third-order valence-corrected chi connectivity index (χ3v) is 4.97. The SMILES string of the molecule is CCc1c(O)ccc2c(=O)c(-c3nc4ccccc4s3)coc12. The molecule has 0 saturated carbocycles. The van der Waals surface area contributed by atoms with Crippen molar-refractivity contribution in [3.63, 3.8) is 0 Å². The number of hydrogen-bond donors (Lipinski definition) is 1. The zero-order chi connectivity index (χ0) is 16.0. The van der Waals surface area contributed by atoms with Crippen LogP contribution in [0.1, 0.15) is 12.5 Å². The van der Waals surface area contributed by atoms with Gasteiger partial charge in [-0.05, 0) is 30.7 Å². The van der Waals surface area contributed by atoms with E-state index in [4.69, 9.17) is 4.42 Å². The fourth-order valence-corrected chi connectivity index (χ4v) is 3.69. The third-order valence-electron chi connectivity index (χ3n) is 3.90. The monoisotopic (exact) mass is 323 g/mol. The number of nitrogens with zero attached hydrogens (tertiary/aromatic N) is 1. The third kappa shape index (κ3) is 2.12. The molecular weight excluding hydrogens is 310 g/mol. The molecule has 1 N–H and O–H groups in total. The highest BCUT2D eigenvalue weighted by Crippen LogP contribution is 2.31. The Kier molecular flexibility index (Phi) is 3.16. The molecule has 4 aromatic rings. The topological polar surface area (TPSA) is 63.3 Å². The number of aromatic nitrogens is 1. The van der Waals surface area contributed by atoms with Gasteiger partial charge in [0, 0.05) is 5.56 Å². The van der Waals surface area contributed by atoms with Crippen molar-refractivity contribution in [3.8, 4) is 16.3 Å². The molecule has 2 aromatic heterocycles. The van der Waals surface area contributed by atoms with Gasteiger partial charge in [-0.3, -0.25) is 4.79 Å². The summed E-state index contributed by atoms with van der Waals surface area (Å²) in [7, 11) is 0. The van der Waals surface area contributed by atoms with E-state index in [-0.39, 0.29) is 11.2 Å². The molecule has 0 aliphatic rings. The maximum atomic E-state index is 12.8. The first kappa shape index (κ1) is 14.0. The molecule has 114 valence electrons. The highest BCUT2D eigenvalue weighted by atomic mass is 32.1. The van der Waals surface area contributed by atoms with E-state index >= 15 is 0 Å². The molecule has 4 rings (SSSR count). The fraction of sp³-hybridized carbons (Fsp3) is 0.111. The molecule has 23 heavy (non-hydrogen) atoms. The molecule has 5 heteroatoms. The fourth-order valence-electron chi connectivity index (χ4n) is 2.72. The molecule has 0 radical (unpaired) electrons. The van der Waals surface area contributed by atoms with Gasteiger partial charge in [0.05, 0.1) is 21.2 Å². The van der Waals surface area contributed by atoms with Crippen LogP contribution in [0, 0.1) is 0 Å². The summed E-state index contributed by atoms with van der Waals surface area (Å²) in [6.45, 7) is 1.91. The van der Waals surface area contributed by atoms with Crippen molar-refractivity contribution in [1.29, 1.82) is 0 Å². The van der Waals surface area contributed by atoms with Crippen LogP contribution < -0.4 is 5.43 Å². The summed E-state index contributed by atoms with van der Waals surface area (Å²) in [4.78, 5) is 17.3. The van der Waals surface area contributed by atoms with Crippen LogP contribution in [0.5, 0.6) is 5.75 Å². The summed E-state index contributed by atoms with van der Waals surface area (Å²) >= 11 is 1.47. The van der Waals surface area contributed by atoms with Crippen LogP contribution in [0.15, 0.2) is 51.9 Å². The van der Waals surface area contributed by atoms with Crippen LogP contribution in [0.2, 0.25) is 0 Å². The number of phenols is 1. The summed E-state index contributed by atoms with van der Waals surface area (Å²) in [6.07, 6.45) is 2.04. The molecule has 0 saturated heterocycles. The Morgan fingerprint density at radius 2 is 2.04 bits per heavy atom. The molecule has 2 aromatic carbocycles. The smallest absolute Gasteiger partial charge is 0.202 e. The van der Waals surface area contributed by atoms with Gasteiger partial charge in [-0.2, -0.15) is 0 Å². The molecular formula is C18H13NO3S. The maximum absolute atomic E-state index is 12.8. The number of rotatable bonds is 2. The van der Waals surface area contributed by atoms with Crippen molar-refractivity contribution >= 4 is 32.5 Å². The normalized spacial score (nSPS) is 11.3. The van der Waals surface area contributed by atoms with E-state index in [1.165, 1.54) is 17.6 Å². The number of aryl methyl sites for hydroxylation is 1. The summed E-state index contributed by atoms with van der Waals surface area (Å²) in [6, 6.07) is 10.9. The van der Waals surface area contributed by atoms with Gasteiger partial charge >= 0.3 is 0 Å². The average molecular weight is 323 g/mol. The summed E-state index contributed by atoms with van der Waals surface area (Å²) < 4.78 is 6.71. The summed E-state index contributed by atoms with van der Waals surface area (Å²) in [5.74, 6) is 0.149. The van der Waals surface area contributed by atoms with Crippen molar-refractivity contribution < 1.29 is 9.52 Å². The Labute approximate surface area is 135 Å². The highest BCUT2D eigenvalue weighted by molar-refractivity contribution is 7.21. The van der Waals surface area contributed by atoms with E-state index in [0.29, 0.717) is 33.5 Å². The lowest BCUT2D eigenvalue weighted by molar-refractivity contribution is 0.467. The van der Waals surface area contributed by atoms with Crippen LogP contribution in [0.4, 0.5) is 0 Å². The van der Waals surface area contributed by atoms with Crippen LogP contribution in [-0.2, 0) is 6.42 Å². The predicted octanol–water partition coefficient (Wildman–Crippen LogP) is 4.34. The number of fused-ring (bicyclic) bond motifs is 2. The van der Waals surface area contributed by atoms with Gasteiger partial charge in [0.2, 0.25) is 5.43 Å². The molecule has 2 heterocycles. The lowest BCUT2D eigenvalue weighted by Crippen LogP contribution is -2.05. The summed E-state index contributed by atoms with van der Waals surface area (Å²) in [5, 5.41) is 11.0. The Balaban J connectivity index is 2.00. The zero-order valence-electron chi connectivity index (χ0n) is 12.4. The van der Waals surface area contributed by atoms with Gasteiger partial charge in [0.1, 0.15) is 22.6 Å². The van der Waals surface area contributed by atoms with E-state index in [1.54, 1.807) is 12.1 Å². The highest BCUT2D eigenvalue weighted by Gasteiger charge is 2.16. The van der Waals surface area contributed by atoms with Crippen LogP contribution in [0.3, 0.4) is 0 Å². The van der Waals surface area contributed by atoms with E-state index in [1.807, 2.05) is 31.2 Å². The number of benzene rings is 2.